The lowest BCUT2D eigenvalue weighted by Gasteiger charge is -2.07. The van der Waals surface area contributed by atoms with E-state index in [0.717, 1.165) is 35.9 Å². The third-order valence-corrected chi connectivity index (χ3v) is 4.07. The van der Waals surface area contributed by atoms with E-state index in [-0.39, 0.29) is 0 Å². The van der Waals surface area contributed by atoms with Crippen molar-refractivity contribution in [2.75, 3.05) is 11.9 Å². The normalized spacial score (nSPS) is 11.1. The standard InChI is InChI=1S/C15H14N6S/c1-2-8-20(7-1)9-6-16-13-3-4-14-17-18-15(21(14)19-13)12-5-10-22-11-12/h1-5,7-8,10-11H,6,9H2,(H,16,19). The lowest BCUT2D eigenvalue weighted by Crippen LogP contribution is -2.11. The zero-order valence-electron chi connectivity index (χ0n) is 11.8. The Labute approximate surface area is 131 Å². The second kappa shape index (κ2) is 5.61. The number of anilines is 1. The molecule has 4 heterocycles. The third kappa shape index (κ3) is 2.46. The summed E-state index contributed by atoms with van der Waals surface area (Å²) < 4.78 is 3.90. The van der Waals surface area contributed by atoms with Crippen molar-refractivity contribution in [3.8, 4) is 11.4 Å². The highest BCUT2D eigenvalue weighted by molar-refractivity contribution is 7.08. The Morgan fingerprint density at radius 1 is 1.09 bits per heavy atom. The van der Waals surface area contributed by atoms with Gasteiger partial charge in [-0.2, -0.15) is 15.9 Å². The van der Waals surface area contributed by atoms with Crippen LogP contribution in [0.3, 0.4) is 0 Å². The molecule has 0 atom stereocenters. The fourth-order valence-corrected chi connectivity index (χ4v) is 2.92. The van der Waals surface area contributed by atoms with E-state index in [1.165, 1.54) is 0 Å². The highest BCUT2D eigenvalue weighted by atomic mass is 32.1. The van der Waals surface area contributed by atoms with Crippen LogP contribution in [0.2, 0.25) is 0 Å². The fourth-order valence-electron chi connectivity index (χ4n) is 2.29. The van der Waals surface area contributed by atoms with Gasteiger partial charge in [0.1, 0.15) is 5.82 Å². The first-order valence-electron chi connectivity index (χ1n) is 7.00. The van der Waals surface area contributed by atoms with E-state index in [1.807, 2.05) is 53.5 Å². The Hall–Kier alpha value is -2.67. The van der Waals surface area contributed by atoms with Crippen LogP contribution >= 0.6 is 11.3 Å². The molecule has 4 rings (SSSR count). The van der Waals surface area contributed by atoms with E-state index in [4.69, 9.17) is 0 Å². The maximum Gasteiger partial charge on any atom is 0.186 e. The molecule has 1 N–H and O–H groups in total. The SMILES string of the molecule is c1ccn(CCNc2ccc3nnc(-c4ccsc4)n3n2)c1. The minimum Gasteiger partial charge on any atom is -0.367 e. The number of hydrogen-bond acceptors (Lipinski definition) is 5. The van der Waals surface area contributed by atoms with Crippen molar-refractivity contribution < 1.29 is 0 Å². The average molecular weight is 310 g/mol. The van der Waals surface area contributed by atoms with Gasteiger partial charge in [-0.1, -0.05) is 0 Å². The van der Waals surface area contributed by atoms with E-state index < -0.39 is 0 Å². The Balaban J connectivity index is 1.56. The molecule has 0 fully saturated rings. The lowest BCUT2D eigenvalue weighted by molar-refractivity contribution is 0.729. The summed E-state index contributed by atoms with van der Waals surface area (Å²) in [6.07, 6.45) is 4.10. The molecule has 110 valence electrons. The molecule has 0 aliphatic carbocycles. The van der Waals surface area contributed by atoms with Crippen LogP contribution in [0.25, 0.3) is 17.0 Å². The van der Waals surface area contributed by atoms with Crippen LogP contribution in [0.1, 0.15) is 0 Å². The fraction of sp³-hybridized carbons (Fsp3) is 0.133. The molecule has 0 saturated carbocycles. The molecular weight excluding hydrogens is 296 g/mol. The Morgan fingerprint density at radius 3 is 2.82 bits per heavy atom. The van der Waals surface area contributed by atoms with Crippen molar-refractivity contribution in [3.63, 3.8) is 0 Å². The van der Waals surface area contributed by atoms with Gasteiger partial charge >= 0.3 is 0 Å². The van der Waals surface area contributed by atoms with Crippen molar-refractivity contribution in [1.29, 1.82) is 0 Å². The summed E-state index contributed by atoms with van der Waals surface area (Å²) in [5.41, 5.74) is 1.78. The van der Waals surface area contributed by atoms with Gasteiger partial charge in [-0.05, 0) is 35.7 Å². The van der Waals surface area contributed by atoms with E-state index in [2.05, 4.69) is 25.2 Å². The van der Waals surface area contributed by atoms with Gasteiger partial charge in [0.15, 0.2) is 11.5 Å². The van der Waals surface area contributed by atoms with Gasteiger partial charge in [0.25, 0.3) is 0 Å². The number of fused-ring (bicyclic) bond motifs is 1. The molecule has 6 nitrogen and oxygen atoms in total. The molecule has 0 aromatic carbocycles. The molecule has 0 unspecified atom stereocenters. The van der Waals surface area contributed by atoms with Gasteiger partial charge in [-0.25, -0.2) is 0 Å². The van der Waals surface area contributed by atoms with E-state index in [0.29, 0.717) is 0 Å². The van der Waals surface area contributed by atoms with Gasteiger partial charge < -0.3 is 9.88 Å². The molecular formula is C15H14N6S. The summed E-state index contributed by atoms with van der Waals surface area (Å²) in [5.74, 6) is 1.58. The minimum absolute atomic E-state index is 0.747. The van der Waals surface area contributed by atoms with Gasteiger partial charge in [-0.15, -0.1) is 15.3 Å². The summed E-state index contributed by atoms with van der Waals surface area (Å²) in [4.78, 5) is 0. The first kappa shape index (κ1) is 13.0. The first-order chi connectivity index (χ1) is 10.9. The zero-order chi connectivity index (χ0) is 14.8. The van der Waals surface area contributed by atoms with Crippen LogP contribution in [0, 0.1) is 0 Å². The molecule has 7 heteroatoms. The predicted octanol–water partition coefficient (Wildman–Crippen LogP) is 2.77. The molecule has 4 aromatic rings. The maximum absolute atomic E-state index is 4.59. The van der Waals surface area contributed by atoms with E-state index in [9.17, 15) is 0 Å². The lowest BCUT2D eigenvalue weighted by atomic mass is 10.3. The smallest absolute Gasteiger partial charge is 0.186 e. The molecule has 0 aliphatic rings. The van der Waals surface area contributed by atoms with Gasteiger partial charge in [0, 0.05) is 36.4 Å². The van der Waals surface area contributed by atoms with Crippen molar-refractivity contribution in [1.82, 2.24) is 24.4 Å². The highest BCUT2D eigenvalue weighted by Crippen LogP contribution is 2.20. The Bertz CT molecular complexity index is 863. The molecule has 0 radical (unpaired) electrons. The van der Waals surface area contributed by atoms with E-state index >= 15 is 0 Å². The predicted molar refractivity (Wildman–Crippen MR) is 87.0 cm³/mol. The van der Waals surface area contributed by atoms with Crippen LogP contribution < -0.4 is 5.32 Å². The van der Waals surface area contributed by atoms with Crippen LogP contribution in [0.5, 0.6) is 0 Å². The second-order valence-corrected chi connectivity index (χ2v) is 5.65. The minimum atomic E-state index is 0.747. The summed E-state index contributed by atoms with van der Waals surface area (Å²) in [6, 6.07) is 9.92. The van der Waals surface area contributed by atoms with Crippen molar-refractivity contribution >= 4 is 22.8 Å². The van der Waals surface area contributed by atoms with Gasteiger partial charge in [-0.3, -0.25) is 0 Å². The maximum atomic E-state index is 4.59. The second-order valence-electron chi connectivity index (χ2n) is 4.87. The molecule has 0 bridgehead atoms. The summed E-state index contributed by atoms with van der Waals surface area (Å²) in [6.45, 7) is 1.70. The molecule has 4 aromatic heterocycles. The van der Waals surface area contributed by atoms with Gasteiger partial charge in [0.05, 0.1) is 0 Å². The Morgan fingerprint density at radius 2 is 2.00 bits per heavy atom. The monoisotopic (exact) mass is 310 g/mol. The Kier molecular flexibility index (Phi) is 3.32. The average Bonchev–Trinajstić information content (AvgIpc) is 3.28. The molecule has 0 saturated heterocycles. The molecule has 0 spiro atoms. The van der Waals surface area contributed by atoms with Crippen molar-refractivity contribution in [3.05, 3.63) is 53.5 Å². The number of hydrogen-bond donors (Lipinski definition) is 1. The van der Waals surface area contributed by atoms with Crippen molar-refractivity contribution in [2.24, 2.45) is 0 Å². The number of rotatable bonds is 5. The number of thiophene rings is 1. The first-order valence-corrected chi connectivity index (χ1v) is 7.94. The molecule has 22 heavy (non-hydrogen) atoms. The molecule has 0 amide bonds. The summed E-state index contributed by atoms with van der Waals surface area (Å²) in [7, 11) is 0. The van der Waals surface area contributed by atoms with Crippen LogP contribution in [-0.4, -0.2) is 30.9 Å². The number of aromatic nitrogens is 5. The quantitative estimate of drug-likeness (QED) is 0.616. The summed E-state index contributed by atoms with van der Waals surface area (Å²) in [5, 5.41) is 20.4. The van der Waals surface area contributed by atoms with Crippen LogP contribution in [0.4, 0.5) is 5.82 Å². The third-order valence-electron chi connectivity index (χ3n) is 3.38. The highest BCUT2D eigenvalue weighted by Gasteiger charge is 2.10. The number of nitrogens with one attached hydrogen (secondary N) is 1. The number of nitrogens with zero attached hydrogens (tertiary/aromatic N) is 5. The van der Waals surface area contributed by atoms with Crippen LogP contribution in [0.15, 0.2) is 53.5 Å². The molecule has 0 aliphatic heterocycles. The van der Waals surface area contributed by atoms with Gasteiger partial charge in [0.2, 0.25) is 0 Å². The zero-order valence-corrected chi connectivity index (χ0v) is 12.6. The van der Waals surface area contributed by atoms with Crippen molar-refractivity contribution in [2.45, 2.75) is 6.54 Å². The summed E-state index contributed by atoms with van der Waals surface area (Å²) >= 11 is 1.64. The van der Waals surface area contributed by atoms with Crippen LogP contribution in [-0.2, 0) is 6.54 Å². The van der Waals surface area contributed by atoms with E-state index in [1.54, 1.807) is 15.9 Å². The topological polar surface area (TPSA) is 60.0 Å². The largest absolute Gasteiger partial charge is 0.367 e.